The van der Waals surface area contributed by atoms with Crippen molar-refractivity contribution >= 4 is 22.0 Å². The number of hydrogen-bond acceptors (Lipinski definition) is 10. The van der Waals surface area contributed by atoms with E-state index in [4.69, 9.17) is 18.4 Å². The molecular formula is C27H43N3O8S. The van der Waals surface area contributed by atoms with Crippen LogP contribution in [-0.4, -0.2) is 93.2 Å². The van der Waals surface area contributed by atoms with Crippen molar-refractivity contribution in [2.75, 3.05) is 39.2 Å². The number of hydrogen-bond donors (Lipinski definition) is 1. The third-order valence-corrected chi connectivity index (χ3v) is 8.79. The Bertz CT molecular complexity index is 1050. The van der Waals surface area contributed by atoms with Crippen molar-refractivity contribution in [3.05, 3.63) is 0 Å². The van der Waals surface area contributed by atoms with Crippen LogP contribution >= 0.6 is 0 Å². The fourth-order valence-corrected chi connectivity index (χ4v) is 7.77. The van der Waals surface area contributed by atoms with Gasteiger partial charge in [0.05, 0.1) is 44.4 Å². The number of carbonyl (C=O) groups excluding carboxylic acids is 2. The molecule has 4 saturated carbocycles. The summed E-state index contributed by atoms with van der Waals surface area (Å²) < 4.78 is 44.5. The van der Waals surface area contributed by atoms with Crippen LogP contribution in [0.4, 0.5) is 0 Å². The van der Waals surface area contributed by atoms with Gasteiger partial charge >= 0.3 is 5.97 Å². The van der Waals surface area contributed by atoms with Gasteiger partial charge in [-0.3, -0.25) is 14.3 Å². The Labute approximate surface area is 232 Å². The van der Waals surface area contributed by atoms with E-state index in [9.17, 15) is 23.3 Å². The second-order valence-corrected chi connectivity index (χ2v) is 14.5. The molecule has 3 unspecified atom stereocenters. The van der Waals surface area contributed by atoms with Crippen molar-refractivity contribution in [1.82, 2.24) is 10.2 Å². The number of ether oxygens (including phenoxy) is 3. The maximum Gasteiger partial charge on any atom is 0.333 e. The van der Waals surface area contributed by atoms with E-state index in [-0.39, 0.29) is 24.7 Å². The lowest BCUT2D eigenvalue weighted by Gasteiger charge is -2.62. The van der Waals surface area contributed by atoms with Gasteiger partial charge < -0.3 is 19.1 Å². The van der Waals surface area contributed by atoms with Gasteiger partial charge in [0, 0.05) is 12.1 Å². The summed E-state index contributed by atoms with van der Waals surface area (Å²) in [7, 11) is -3.49. The number of nitrogens with zero attached hydrogens (tertiary/aromatic N) is 2. The zero-order chi connectivity index (χ0) is 28.5. The molecule has 0 radical (unpaired) electrons. The first-order valence-corrected chi connectivity index (χ1v) is 15.8. The predicted molar refractivity (Wildman–Crippen MR) is 141 cm³/mol. The zero-order valence-corrected chi connectivity index (χ0v) is 24.4. The summed E-state index contributed by atoms with van der Waals surface area (Å²) in [6, 6.07) is 0.501. The van der Waals surface area contributed by atoms with E-state index in [0.717, 1.165) is 44.8 Å². The normalized spacial score (nSPS) is 32.7. The Morgan fingerprint density at radius 2 is 1.77 bits per heavy atom. The molecule has 1 aliphatic heterocycles. The van der Waals surface area contributed by atoms with Gasteiger partial charge in [-0.25, -0.2) is 4.79 Å². The van der Waals surface area contributed by atoms with Crippen LogP contribution in [0.2, 0.25) is 0 Å². The lowest BCUT2D eigenvalue weighted by atomic mass is 9.51. The first kappa shape index (κ1) is 30.2. The standard InChI is InChI=1S/C27H43N3O8S/c1-25(2,3)38-24(32)22(23(31)30-7-5-6-21(30)17-28)29-26-13-19-12-20(14-26)16-27(15-19,18-26)36-10-8-35-9-11-37-39(4,33)34/h19-22,29H,5-16,18H2,1-4H3/t19?,20?,21-,22?,26?,27?/m0/s1. The van der Waals surface area contributed by atoms with Crippen LogP contribution in [0.25, 0.3) is 0 Å². The van der Waals surface area contributed by atoms with E-state index < -0.39 is 39.3 Å². The molecule has 0 spiro atoms. The number of likely N-dealkylation sites (tertiary alicyclic amines) is 1. The highest BCUT2D eigenvalue weighted by atomic mass is 32.2. The molecule has 39 heavy (non-hydrogen) atoms. The fraction of sp³-hybridized carbons (Fsp3) is 0.889. The highest BCUT2D eigenvalue weighted by Crippen LogP contribution is 2.59. The highest BCUT2D eigenvalue weighted by molar-refractivity contribution is 7.85. The summed E-state index contributed by atoms with van der Waals surface area (Å²) >= 11 is 0. The summed E-state index contributed by atoms with van der Waals surface area (Å²) in [6.07, 6.45) is 7.72. The van der Waals surface area contributed by atoms with Gasteiger partial charge in [0.15, 0.2) is 6.04 Å². The number of esters is 1. The molecule has 5 fully saturated rings. The maximum absolute atomic E-state index is 13.7. The molecule has 1 heterocycles. The van der Waals surface area contributed by atoms with Crippen molar-refractivity contribution in [2.24, 2.45) is 11.8 Å². The largest absolute Gasteiger partial charge is 0.458 e. The van der Waals surface area contributed by atoms with Crippen molar-refractivity contribution in [3.63, 3.8) is 0 Å². The quantitative estimate of drug-likeness (QED) is 0.160. The second-order valence-electron chi connectivity index (χ2n) is 12.8. The summed E-state index contributed by atoms with van der Waals surface area (Å²) in [6.45, 7) is 6.59. The molecule has 4 aliphatic carbocycles. The van der Waals surface area contributed by atoms with Gasteiger partial charge in [0.1, 0.15) is 11.6 Å². The second kappa shape index (κ2) is 11.6. The van der Waals surface area contributed by atoms with Crippen LogP contribution in [0.1, 0.15) is 72.1 Å². The van der Waals surface area contributed by atoms with E-state index in [1.54, 1.807) is 20.8 Å². The molecule has 0 aromatic rings. The SMILES string of the molecule is CC(C)(C)OC(=O)C(NC12CC3CC(C1)CC(OCCOCCOS(C)(=O)=O)(C3)C2)C(=O)N1CCC[C@H]1C#N. The number of nitriles is 1. The smallest absolute Gasteiger partial charge is 0.333 e. The minimum Gasteiger partial charge on any atom is -0.458 e. The Hall–Kier alpha value is -1.78. The Morgan fingerprint density at radius 1 is 1.10 bits per heavy atom. The third-order valence-electron chi connectivity index (χ3n) is 8.19. The fourth-order valence-electron chi connectivity index (χ4n) is 7.40. The molecule has 11 nitrogen and oxygen atoms in total. The molecule has 5 rings (SSSR count). The van der Waals surface area contributed by atoms with Gasteiger partial charge in [-0.05, 0) is 84.0 Å². The Kier molecular flexibility index (Phi) is 8.98. The number of amides is 1. The minimum absolute atomic E-state index is 0.0368. The summed E-state index contributed by atoms with van der Waals surface area (Å²) in [4.78, 5) is 28.7. The van der Waals surface area contributed by atoms with Gasteiger partial charge in [-0.2, -0.15) is 13.7 Å². The summed E-state index contributed by atoms with van der Waals surface area (Å²) in [5.74, 6) is -0.137. The molecule has 0 aromatic heterocycles. The monoisotopic (exact) mass is 569 g/mol. The van der Waals surface area contributed by atoms with Gasteiger partial charge in [-0.15, -0.1) is 0 Å². The van der Waals surface area contributed by atoms with Crippen LogP contribution in [0.5, 0.6) is 0 Å². The number of rotatable bonds is 12. The van der Waals surface area contributed by atoms with Crippen molar-refractivity contribution in [2.45, 2.75) is 101 Å². The molecular weight excluding hydrogens is 526 g/mol. The average molecular weight is 570 g/mol. The zero-order valence-electron chi connectivity index (χ0n) is 23.6. The molecule has 5 aliphatic rings. The average Bonchev–Trinajstić information content (AvgIpc) is 3.28. The predicted octanol–water partition coefficient (Wildman–Crippen LogP) is 1.90. The van der Waals surface area contributed by atoms with Crippen LogP contribution in [0, 0.1) is 23.2 Å². The topological polar surface area (TPSA) is 144 Å². The van der Waals surface area contributed by atoms with Crippen LogP contribution in [0.3, 0.4) is 0 Å². The maximum atomic E-state index is 13.7. The highest BCUT2D eigenvalue weighted by Gasteiger charge is 2.60. The molecule has 0 aromatic carbocycles. The van der Waals surface area contributed by atoms with Crippen molar-refractivity contribution in [3.8, 4) is 6.07 Å². The van der Waals surface area contributed by atoms with E-state index in [1.165, 1.54) is 4.90 Å². The molecule has 4 atom stereocenters. The number of nitrogens with one attached hydrogen (secondary N) is 1. The molecule has 4 bridgehead atoms. The summed E-state index contributed by atoms with van der Waals surface area (Å²) in [5, 5.41) is 13.1. The lowest BCUT2D eigenvalue weighted by molar-refractivity contribution is -0.187. The van der Waals surface area contributed by atoms with E-state index in [1.807, 2.05) is 0 Å². The molecule has 1 amide bonds. The van der Waals surface area contributed by atoms with Gasteiger partial charge in [0.25, 0.3) is 16.0 Å². The molecule has 1 saturated heterocycles. The first-order chi connectivity index (χ1) is 18.2. The lowest BCUT2D eigenvalue weighted by Crippen LogP contribution is -2.69. The van der Waals surface area contributed by atoms with Crippen molar-refractivity contribution < 1.29 is 36.4 Å². The molecule has 1 N–H and O–H groups in total. The van der Waals surface area contributed by atoms with E-state index >= 15 is 0 Å². The van der Waals surface area contributed by atoms with E-state index in [0.29, 0.717) is 44.4 Å². The van der Waals surface area contributed by atoms with Crippen LogP contribution in [-0.2, 0) is 38.1 Å². The van der Waals surface area contributed by atoms with Gasteiger partial charge in [0.2, 0.25) is 0 Å². The summed E-state index contributed by atoms with van der Waals surface area (Å²) in [5.41, 5.74) is -1.56. The molecule has 12 heteroatoms. The van der Waals surface area contributed by atoms with Crippen LogP contribution < -0.4 is 5.32 Å². The van der Waals surface area contributed by atoms with Gasteiger partial charge in [-0.1, -0.05) is 0 Å². The molecule has 220 valence electrons. The third kappa shape index (κ3) is 7.70. The van der Waals surface area contributed by atoms with Crippen molar-refractivity contribution in [1.29, 1.82) is 5.26 Å². The van der Waals surface area contributed by atoms with Crippen LogP contribution in [0.15, 0.2) is 0 Å². The number of carbonyl (C=O) groups is 2. The first-order valence-electron chi connectivity index (χ1n) is 14.0. The Morgan fingerprint density at radius 3 is 2.38 bits per heavy atom. The Balaban J connectivity index is 1.44. The minimum atomic E-state index is -3.49. The van der Waals surface area contributed by atoms with E-state index in [2.05, 4.69) is 11.4 Å².